The fourth-order valence-corrected chi connectivity index (χ4v) is 3.77. The monoisotopic (exact) mass is 221 g/mol. The third-order valence-electron chi connectivity index (χ3n) is 1.86. The molecule has 1 heterocycles. The van der Waals surface area contributed by atoms with Crippen molar-refractivity contribution in [2.75, 3.05) is 19.9 Å². The van der Waals surface area contributed by atoms with Crippen molar-refractivity contribution in [2.24, 2.45) is 5.73 Å². The number of nitrogens with two attached hydrogens (primary N) is 1. The topological polar surface area (TPSA) is 56.5 Å². The molecule has 14 heavy (non-hydrogen) atoms. The molecule has 5 heteroatoms. The molecule has 0 spiro atoms. The van der Waals surface area contributed by atoms with E-state index in [1.807, 2.05) is 20.5 Å². The van der Waals surface area contributed by atoms with Crippen LogP contribution in [0.3, 0.4) is 0 Å². The van der Waals surface area contributed by atoms with Crippen LogP contribution in [0.1, 0.15) is 27.7 Å². The van der Waals surface area contributed by atoms with Gasteiger partial charge in [-0.3, -0.25) is 0 Å². The lowest BCUT2D eigenvalue weighted by atomic mass is 10.1. The molecule has 1 rings (SSSR count). The summed E-state index contributed by atoms with van der Waals surface area (Å²) in [7, 11) is -1.87. The predicted octanol–water partition coefficient (Wildman–Crippen LogP) is 1.53. The van der Waals surface area contributed by atoms with Crippen LogP contribution in [0.4, 0.5) is 0 Å². The van der Waals surface area contributed by atoms with Crippen molar-refractivity contribution in [1.29, 1.82) is 0 Å². The summed E-state index contributed by atoms with van der Waals surface area (Å²) in [6.45, 7) is 11.3. The molecule has 1 unspecified atom stereocenters. The van der Waals surface area contributed by atoms with Gasteiger partial charge in [0, 0.05) is 5.54 Å². The van der Waals surface area contributed by atoms with E-state index < -0.39 is 7.87 Å². The summed E-state index contributed by atoms with van der Waals surface area (Å²) in [6.07, 6.45) is 0. The van der Waals surface area contributed by atoms with E-state index in [0.29, 0.717) is 13.2 Å². The third-order valence-corrected chi connectivity index (χ3v) is 4.12. The fraction of sp³-hybridized carbons (Fsp3) is 1.00. The summed E-state index contributed by atoms with van der Waals surface area (Å²) in [5.74, 6) is 0. The molecule has 1 saturated heterocycles. The van der Waals surface area contributed by atoms with Crippen LogP contribution in [0.25, 0.3) is 0 Å². The van der Waals surface area contributed by atoms with Crippen LogP contribution in [0.15, 0.2) is 0 Å². The molecule has 0 saturated carbocycles. The molecule has 0 aromatic heterocycles. The summed E-state index contributed by atoms with van der Waals surface area (Å²) in [6, 6.07) is 0. The Morgan fingerprint density at radius 3 is 2.50 bits per heavy atom. The van der Waals surface area contributed by atoms with Crippen LogP contribution in [0, 0.1) is 0 Å². The molecule has 0 amide bonds. The average Bonchev–Trinajstić information content (AvgIpc) is 2.22. The van der Waals surface area contributed by atoms with E-state index >= 15 is 0 Å². The molecule has 4 nitrogen and oxygen atoms in total. The highest BCUT2D eigenvalue weighted by atomic mass is 31.2. The molecule has 1 atom stereocenters. The first kappa shape index (κ1) is 12.3. The highest BCUT2D eigenvalue weighted by molar-refractivity contribution is 7.64. The molecule has 1 fully saturated rings. The van der Waals surface area contributed by atoms with E-state index in [4.69, 9.17) is 14.8 Å². The van der Waals surface area contributed by atoms with E-state index in [1.54, 1.807) is 0 Å². The van der Waals surface area contributed by atoms with Gasteiger partial charge in [0.05, 0.1) is 5.54 Å². The Morgan fingerprint density at radius 2 is 2.14 bits per heavy atom. The van der Waals surface area contributed by atoms with Crippen molar-refractivity contribution in [3.8, 4) is 0 Å². The molecule has 0 aromatic rings. The SMILES string of the molecule is CC(C)(N)CO[P+]1(C)NC(C)(C)CO1. The van der Waals surface area contributed by atoms with Gasteiger partial charge in [-0.2, -0.15) is 9.05 Å². The van der Waals surface area contributed by atoms with Gasteiger partial charge in [0.25, 0.3) is 0 Å². The number of rotatable bonds is 3. The van der Waals surface area contributed by atoms with Crippen LogP contribution in [0.2, 0.25) is 0 Å². The number of hydrogen-bond acceptors (Lipinski definition) is 4. The van der Waals surface area contributed by atoms with Crippen LogP contribution >= 0.6 is 7.87 Å². The number of nitrogens with one attached hydrogen (secondary N) is 1. The first-order valence-electron chi connectivity index (χ1n) is 4.86. The lowest BCUT2D eigenvalue weighted by Gasteiger charge is -2.22. The lowest BCUT2D eigenvalue weighted by Crippen LogP contribution is -2.39. The van der Waals surface area contributed by atoms with Crippen molar-refractivity contribution >= 4 is 7.87 Å². The van der Waals surface area contributed by atoms with Crippen molar-refractivity contribution in [2.45, 2.75) is 38.8 Å². The second kappa shape index (κ2) is 3.69. The standard InChI is InChI=1S/C9H22N2O2P/c1-8(2,10)6-12-14(5)11-9(3,4)7-13-14/h11H,6-7,10H2,1-5H3/q+1. The minimum Gasteiger partial charge on any atom is -0.323 e. The quantitative estimate of drug-likeness (QED) is 0.710. The Hall–Kier alpha value is 0.270. The minimum absolute atomic E-state index is 0.0151. The Labute approximate surface area is 87.1 Å². The smallest absolute Gasteiger partial charge is 0.323 e. The van der Waals surface area contributed by atoms with Gasteiger partial charge in [-0.25, -0.2) is 0 Å². The normalized spacial score (nSPS) is 32.1. The number of hydrogen-bond donors (Lipinski definition) is 2. The third kappa shape index (κ3) is 3.79. The zero-order valence-electron chi connectivity index (χ0n) is 9.76. The van der Waals surface area contributed by atoms with Crippen molar-refractivity contribution in [1.82, 2.24) is 5.09 Å². The molecule has 1 aliphatic heterocycles. The van der Waals surface area contributed by atoms with Crippen LogP contribution < -0.4 is 10.8 Å². The first-order chi connectivity index (χ1) is 6.12. The van der Waals surface area contributed by atoms with Crippen LogP contribution in [-0.2, 0) is 9.05 Å². The van der Waals surface area contributed by atoms with E-state index in [0.717, 1.165) is 0 Å². The van der Waals surface area contributed by atoms with Gasteiger partial charge in [-0.15, -0.1) is 5.09 Å². The van der Waals surface area contributed by atoms with E-state index in [1.165, 1.54) is 0 Å². The second-order valence-corrected chi connectivity index (χ2v) is 7.81. The van der Waals surface area contributed by atoms with Gasteiger partial charge in [0.1, 0.15) is 19.9 Å². The maximum absolute atomic E-state index is 5.85. The van der Waals surface area contributed by atoms with Crippen LogP contribution in [-0.4, -0.2) is 31.0 Å². The minimum atomic E-state index is -1.87. The highest BCUT2D eigenvalue weighted by Gasteiger charge is 2.50. The fourth-order valence-electron chi connectivity index (χ4n) is 1.26. The van der Waals surface area contributed by atoms with Gasteiger partial charge in [-0.05, 0) is 27.7 Å². The Balaban J connectivity index is 2.45. The summed E-state index contributed by atoms with van der Waals surface area (Å²) < 4.78 is 11.4. The Kier molecular flexibility index (Phi) is 3.25. The molecule has 84 valence electrons. The molecule has 0 radical (unpaired) electrons. The Morgan fingerprint density at radius 1 is 1.57 bits per heavy atom. The highest BCUT2D eigenvalue weighted by Crippen LogP contribution is 2.59. The van der Waals surface area contributed by atoms with E-state index in [-0.39, 0.29) is 11.1 Å². The average molecular weight is 221 g/mol. The molecule has 0 bridgehead atoms. The summed E-state index contributed by atoms with van der Waals surface area (Å²) >= 11 is 0. The van der Waals surface area contributed by atoms with Gasteiger partial charge in [-0.1, -0.05) is 0 Å². The van der Waals surface area contributed by atoms with Crippen LogP contribution in [0.5, 0.6) is 0 Å². The predicted molar refractivity (Wildman–Crippen MR) is 60.2 cm³/mol. The molecule has 1 aliphatic rings. The second-order valence-electron chi connectivity index (χ2n) is 5.38. The largest absolute Gasteiger partial charge is 0.343 e. The summed E-state index contributed by atoms with van der Waals surface area (Å²) in [4.78, 5) is 0. The molecule has 3 N–H and O–H groups in total. The van der Waals surface area contributed by atoms with Crippen molar-refractivity contribution in [3.63, 3.8) is 0 Å². The molecule has 0 aliphatic carbocycles. The maximum Gasteiger partial charge on any atom is 0.343 e. The molecular weight excluding hydrogens is 199 g/mol. The zero-order valence-corrected chi connectivity index (χ0v) is 10.6. The van der Waals surface area contributed by atoms with Gasteiger partial charge in [0.2, 0.25) is 0 Å². The van der Waals surface area contributed by atoms with E-state index in [9.17, 15) is 0 Å². The summed E-state index contributed by atoms with van der Waals surface area (Å²) in [5.41, 5.74) is 5.56. The van der Waals surface area contributed by atoms with Crippen molar-refractivity contribution in [3.05, 3.63) is 0 Å². The van der Waals surface area contributed by atoms with E-state index in [2.05, 4.69) is 18.9 Å². The molecular formula is C9H22N2O2P+. The lowest BCUT2D eigenvalue weighted by molar-refractivity contribution is 0.209. The van der Waals surface area contributed by atoms with Gasteiger partial charge < -0.3 is 5.73 Å². The van der Waals surface area contributed by atoms with Gasteiger partial charge in [0.15, 0.2) is 0 Å². The molecule has 0 aromatic carbocycles. The zero-order chi connectivity index (χ0) is 11.0. The van der Waals surface area contributed by atoms with Gasteiger partial charge >= 0.3 is 7.87 Å². The Bertz CT molecular complexity index is 215. The first-order valence-corrected chi connectivity index (χ1v) is 6.93. The summed E-state index contributed by atoms with van der Waals surface area (Å²) in [5, 5.41) is 3.39. The van der Waals surface area contributed by atoms with Crippen molar-refractivity contribution < 1.29 is 9.05 Å². The maximum atomic E-state index is 5.85.